The summed E-state index contributed by atoms with van der Waals surface area (Å²) in [4.78, 5) is 21.9. The van der Waals surface area contributed by atoms with Crippen LogP contribution in [0.3, 0.4) is 0 Å². The van der Waals surface area contributed by atoms with Crippen LogP contribution in [-0.4, -0.2) is 24.2 Å². The Kier molecular flexibility index (Phi) is 8.95. The Morgan fingerprint density at radius 3 is 2.47 bits per heavy atom. The minimum absolute atomic E-state index is 0.141. The number of nitrogen functional groups attached to an aromatic ring is 1. The largest absolute Gasteiger partial charge is 0.397 e. The average Bonchev–Trinajstić information content (AvgIpc) is 3.46. The Morgan fingerprint density at radius 1 is 1.12 bits per heavy atom. The Hall–Kier alpha value is -3.51. The van der Waals surface area contributed by atoms with Crippen molar-refractivity contribution < 1.29 is 4.79 Å². The smallest absolute Gasteiger partial charge is 0.263 e. The van der Waals surface area contributed by atoms with Gasteiger partial charge in [-0.25, -0.2) is 4.98 Å². The van der Waals surface area contributed by atoms with Crippen molar-refractivity contribution >= 4 is 45.9 Å². The Balaban J connectivity index is 0.000000416. The van der Waals surface area contributed by atoms with Crippen LogP contribution in [0.15, 0.2) is 83.5 Å². The zero-order valence-electron chi connectivity index (χ0n) is 18.0. The van der Waals surface area contributed by atoms with Gasteiger partial charge in [-0.1, -0.05) is 54.1 Å². The second-order valence-electron chi connectivity index (χ2n) is 7.25. The van der Waals surface area contributed by atoms with Gasteiger partial charge in [-0.05, 0) is 56.7 Å². The zero-order valence-corrected chi connectivity index (χ0v) is 18.9. The lowest BCUT2D eigenvalue weighted by molar-refractivity contribution is 0.0963. The predicted molar refractivity (Wildman–Crippen MR) is 137 cm³/mol. The fraction of sp³-hybridized carbons (Fsp3) is 0.192. The number of nitrogens with zero attached hydrogens (tertiary/aromatic N) is 2. The van der Waals surface area contributed by atoms with Gasteiger partial charge in [0.25, 0.3) is 5.91 Å². The van der Waals surface area contributed by atoms with Gasteiger partial charge in [0.15, 0.2) is 0 Å². The highest BCUT2D eigenvalue weighted by molar-refractivity contribution is 7.21. The fourth-order valence-corrected chi connectivity index (χ4v) is 4.34. The summed E-state index contributed by atoms with van der Waals surface area (Å²) >= 11 is 1.32. The molecule has 0 saturated heterocycles. The van der Waals surface area contributed by atoms with Gasteiger partial charge in [-0.2, -0.15) is 0 Å². The number of nitrogens with two attached hydrogens (primary N) is 1. The lowest BCUT2D eigenvalue weighted by Crippen LogP contribution is -2.23. The number of aromatic nitrogens is 1. The predicted octanol–water partition coefficient (Wildman–Crippen LogP) is 6.02. The molecule has 1 aromatic carbocycles. The van der Waals surface area contributed by atoms with Crippen molar-refractivity contribution in [3.05, 3.63) is 89.1 Å². The van der Waals surface area contributed by atoms with Crippen LogP contribution in [0.2, 0.25) is 0 Å². The molecule has 0 spiro atoms. The molecule has 32 heavy (non-hydrogen) atoms. The molecule has 1 saturated carbocycles. The molecule has 1 aliphatic rings. The molecule has 0 bridgehead atoms. The van der Waals surface area contributed by atoms with E-state index in [1.807, 2.05) is 60.7 Å². The molecule has 2 heterocycles. The molecule has 0 radical (unpaired) electrons. The van der Waals surface area contributed by atoms with E-state index in [0.29, 0.717) is 17.1 Å². The third-order valence-corrected chi connectivity index (χ3v) is 6.07. The molecule has 3 aromatic rings. The van der Waals surface area contributed by atoms with Crippen LogP contribution in [0.4, 0.5) is 5.69 Å². The quantitative estimate of drug-likeness (QED) is 0.277. The molecule has 164 valence electrons. The van der Waals surface area contributed by atoms with Crippen LogP contribution >= 0.6 is 11.3 Å². The van der Waals surface area contributed by atoms with E-state index in [2.05, 4.69) is 28.1 Å². The average molecular weight is 445 g/mol. The highest BCUT2D eigenvalue weighted by atomic mass is 32.1. The van der Waals surface area contributed by atoms with Gasteiger partial charge < -0.3 is 11.1 Å². The van der Waals surface area contributed by atoms with E-state index in [1.54, 1.807) is 12.3 Å². The SMILES string of the molecule is C=N/C=C\C=C\c1ccc2c(N)c(C(=O)NCC=C3CCCC3)sc2n1.c1ccccc1. The van der Waals surface area contributed by atoms with Gasteiger partial charge in [0.1, 0.15) is 9.71 Å². The number of thiophene rings is 1. The lowest BCUT2D eigenvalue weighted by Gasteiger charge is -2.02. The first kappa shape index (κ1) is 23.2. The van der Waals surface area contributed by atoms with Crippen molar-refractivity contribution in [3.63, 3.8) is 0 Å². The van der Waals surface area contributed by atoms with Crippen molar-refractivity contribution in [1.29, 1.82) is 0 Å². The summed E-state index contributed by atoms with van der Waals surface area (Å²) in [7, 11) is 0. The number of carbonyl (C=O) groups is 1. The first-order valence-corrected chi connectivity index (χ1v) is 11.4. The van der Waals surface area contributed by atoms with E-state index < -0.39 is 0 Å². The molecule has 0 atom stereocenters. The van der Waals surface area contributed by atoms with Crippen molar-refractivity contribution in [2.75, 3.05) is 12.3 Å². The molecule has 2 aromatic heterocycles. The number of fused-ring (bicyclic) bond motifs is 1. The third kappa shape index (κ3) is 6.75. The number of benzene rings is 1. The molecule has 1 aliphatic carbocycles. The molecule has 4 rings (SSSR count). The molecule has 1 amide bonds. The Morgan fingerprint density at radius 2 is 1.81 bits per heavy atom. The number of hydrogen-bond donors (Lipinski definition) is 2. The molecular formula is C26H28N4OS. The monoisotopic (exact) mass is 444 g/mol. The molecule has 0 aliphatic heterocycles. The second-order valence-corrected chi connectivity index (χ2v) is 8.25. The molecule has 6 heteroatoms. The molecule has 5 nitrogen and oxygen atoms in total. The van der Waals surface area contributed by atoms with E-state index in [1.165, 1.54) is 29.8 Å². The Bertz CT molecular complexity index is 1090. The van der Waals surface area contributed by atoms with Gasteiger partial charge in [0.05, 0.1) is 11.4 Å². The normalized spacial score (nSPS) is 13.3. The Labute approximate surface area is 193 Å². The summed E-state index contributed by atoms with van der Waals surface area (Å²) in [5.74, 6) is -0.141. The van der Waals surface area contributed by atoms with Gasteiger partial charge in [0, 0.05) is 18.1 Å². The standard InChI is InChI=1S/C20H22N4OS.C6H6/c1-22-12-5-4-8-15-9-10-16-17(21)18(26-20(16)24-15)19(25)23-13-11-14-6-2-3-7-14;1-2-4-6-5-3-1/h4-5,8-12H,1-3,6-7,13,21H2,(H,23,25);1-6H/b8-4+,12-5-;. The summed E-state index contributed by atoms with van der Waals surface area (Å²) in [5.41, 5.74) is 8.90. The maximum Gasteiger partial charge on any atom is 0.263 e. The van der Waals surface area contributed by atoms with Gasteiger partial charge in [0.2, 0.25) is 0 Å². The van der Waals surface area contributed by atoms with Crippen molar-refractivity contribution in [2.24, 2.45) is 4.99 Å². The van der Waals surface area contributed by atoms with Crippen LogP contribution < -0.4 is 11.1 Å². The van der Waals surface area contributed by atoms with Gasteiger partial charge >= 0.3 is 0 Å². The van der Waals surface area contributed by atoms with Crippen molar-refractivity contribution in [1.82, 2.24) is 10.3 Å². The van der Waals surface area contributed by atoms with Crippen LogP contribution in [-0.2, 0) is 0 Å². The number of hydrogen-bond acceptors (Lipinski definition) is 5. The summed E-state index contributed by atoms with van der Waals surface area (Å²) in [6, 6.07) is 15.8. The number of aliphatic imine (C=N–C) groups is 1. The number of carbonyl (C=O) groups excluding carboxylic acids is 1. The minimum Gasteiger partial charge on any atom is -0.397 e. The van der Waals surface area contributed by atoms with E-state index in [4.69, 9.17) is 5.73 Å². The second kappa shape index (κ2) is 12.4. The topological polar surface area (TPSA) is 80.4 Å². The molecule has 1 fully saturated rings. The summed E-state index contributed by atoms with van der Waals surface area (Å²) in [6.45, 7) is 3.93. The third-order valence-electron chi connectivity index (χ3n) is 4.96. The van der Waals surface area contributed by atoms with Crippen molar-refractivity contribution in [2.45, 2.75) is 25.7 Å². The van der Waals surface area contributed by atoms with E-state index in [9.17, 15) is 4.79 Å². The number of anilines is 1. The highest BCUT2D eigenvalue weighted by Crippen LogP contribution is 2.32. The molecule has 3 N–H and O–H groups in total. The van der Waals surface area contributed by atoms with Gasteiger partial charge in [-0.15, -0.1) is 11.3 Å². The van der Waals surface area contributed by atoms with Crippen molar-refractivity contribution in [3.8, 4) is 0 Å². The highest BCUT2D eigenvalue weighted by Gasteiger charge is 2.17. The van der Waals surface area contributed by atoms with Crippen LogP contribution in [0.1, 0.15) is 41.0 Å². The maximum atomic E-state index is 12.5. The lowest BCUT2D eigenvalue weighted by atomic mass is 10.2. The van der Waals surface area contributed by atoms with E-state index in [-0.39, 0.29) is 5.91 Å². The van der Waals surface area contributed by atoms with Crippen LogP contribution in [0.25, 0.3) is 16.3 Å². The summed E-state index contributed by atoms with van der Waals surface area (Å²) in [5, 5.41) is 3.75. The van der Waals surface area contributed by atoms with E-state index >= 15 is 0 Å². The van der Waals surface area contributed by atoms with E-state index in [0.717, 1.165) is 28.8 Å². The van der Waals surface area contributed by atoms with Crippen LogP contribution in [0.5, 0.6) is 0 Å². The number of allylic oxidation sites excluding steroid dienone is 3. The van der Waals surface area contributed by atoms with Gasteiger partial charge in [-0.3, -0.25) is 9.79 Å². The summed E-state index contributed by atoms with van der Waals surface area (Å²) in [6.07, 6.45) is 14.0. The summed E-state index contributed by atoms with van der Waals surface area (Å²) < 4.78 is 0. The molecule has 0 unspecified atom stereocenters. The first-order valence-electron chi connectivity index (χ1n) is 10.6. The van der Waals surface area contributed by atoms with Crippen LogP contribution in [0, 0.1) is 0 Å². The molecular weight excluding hydrogens is 416 g/mol. The number of pyridine rings is 1. The number of nitrogens with one attached hydrogen (secondary N) is 1. The first-order chi connectivity index (χ1) is 15.7. The zero-order chi connectivity index (χ0) is 22.6. The number of rotatable bonds is 6. The number of amides is 1. The fourth-order valence-electron chi connectivity index (χ4n) is 3.32. The minimum atomic E-state index is -0.141. The maximum absolute atomic E-state index is 12.5.